The number of aldehydes is 1. The number of carbonyl (C=O) groups excluding carboxylic acids is 1. The van der Waals surface area contributed by atoms with Crippen LogP contribution in [0.3, 0.4) is 0 Å². The number of hydrogen-bond acceptors (Lipinski definition) is 8. The fraction of sp³-hybridized carbons (Fsp3) is 0.490. The summed E-state index contributed by atoms with van der Waals surface area (Å²) < 4.78 is 80.2. The van der Waals surface area contributed by atoms with Crippen LogP contribution in [-0.2, 0) is 20.9 Å². The molecule has 18 heteroatoms. The first kappa shape index (κ1) is 55.5. The van der Waals surface area contributed by atoms with Crippen LogP contribution in [-0.4, -0.2) is 73.5 Å². The molecule has 376 valence electrons. The van der Waals surface area contributed by atoms with Gasteiger partial charge in [0, 0.05) is 47.6 Å². The number of sulfonamides is 1. The van der Waals surface area contributed by atoms with Crippen molar-refractivity contribution in [3.8, 4) is 0 Å². The maximum Gasteiger partial charge on any atom is 0.416 e. The van der Waals surface area contributed by atoms with Crippen molar-refractivity contribution in [2.45, 2.75) is 154 Å². The Morgan fingerprint density at radius 1 is 0.725 bits per heavy atom. The third kappa shape index (κ3) is 9.84. The van der Waals surface area contributed by atoms with Crippen molar-refractivity contribution >= 4 is 72.1 Å². The van der Waals surface area contributed by atoms with Crippen LogP contribution in [0.15, 0.2) is 72.3 Å². The lowest BCUT2D eigenvalue weighted by molar-refractivity contribution is -0.138. The van der Waals surface area contributed by atoms with Gasteiger partial charge in [-0.15, -0.1) is 0 Å². The minimum absolute atomic E-state index is 0.0523. The van der Waals surface area contributed by atoms with Gasteiger partial charge in [-0.25, -0.2) is 22.7 Å². The lowest BCUT2D eigenvalue weighted by Gasteiger charge is -2.44. The van der Waals surface area contributed by atoms with E-state index in [4.69, 9.17) is 26.3 Å². The van der Waals surface area contributed by atoms with E-state index < -0.39 is 56.0 Å². The Morgan fingerprint density at radius 3 is 1.67 bits per heavy atom. The van der Waals surface area contributed by atoms with Gasteiger partial charge in [0.25, 0.3) is 10.0 Å². The van der Waals surface area contributed by atoms with E-state index in [2.05, 4.69) is 109 Å². The summed E-state index contributed by atoms with van der Waals surface area (Å²) in [5.41, 5.74) is 6.05. The molecule has 6 rings (SSSR count). The van der Waals surface area contributed by atoms with E-state index in [0.717, 1.165) is 44.9 Å². The monoisotopic (exact) mass is 1030 g/mol. The largest absolute Gasteiger partial charge is 0.416 e. The van der Waals surface area contributed by atoms with E-state index in [1.165, 1.54) is 26.3 Å². The van der Waals surface area contributed by atoms with E-state index in [9.17, 15) is 31.5 Å². The predicted molar refractivity (Wildman–Crippen MR) is 278 cm³/mol. The second-order valence-electron chi connectivity index (χ2n) is 20.1. The van der Waals surface area contributed by atoms with Crippen molar-refractivity contribution in [3.05, 3.63) is 111 Å². The number of ether oxygens (including phenoxy) is 1. The number of aliphatic hydroxyl groups is 1. The first-order valence-corrected chi connectivity index (χ1v) is 29.7. The Kier molecular flexibility index (Phi) is 17.0. The zero-order chi connectivity index (χ0) is 51.9. The number of fused-ring (bicyclic) bond motifs is 2. The topological polar surface area (TPSA) is 132 Å². The van der Waals surface area contributed by atoms with Gasteiger partial charge in [0.2, 0.25) is 0 Å². The summed E-state index contributed by atoms with van der Waals surface area (Å²) >= 11 is 6.32. The zero-order valence-electron chi connectivity index (χ0n) is 42.9. The van der Waals surface area contributed by atoms with Crippen molar-refractivity contribution in [3.63, 3.8) is 0 Å². The molecule has 0 saturated carbocycles. The first-order valence-electron chi connectivity index (χ1n) is 23.5. The zero-order valence-corrected chi connectivity index (χ0v) is 46.4. The number of anilines is 1. The molecule has 0 amide bonds. The molecule has 0 aliphatic heterocycles. The molecule has 1 unspecified atom stereocenters. The van der Waals surface area contributed by atoms with Crippen molar-refractivity contribution in [2.75, 3.05) is 18.1 Å². The average molecular weight is 1030 g/mol. The van der Waals surface area contributed by atoms with E-state index >= 15 is 0 Å². The van der Waals surface area contributed by atoms with Crippen LogP contribution in [0.1, 0.15) is 133 Å². The van der Waals surface area contributed by atoms with E-state index in [0.29, 0.717) is 61.5 Å². The maximum atomic E-state index is 14.0. The Balaban J connectivity index is 0.000000336. The number of aromatic nitrogens is 5. The van der Waals surface area contributed by atoms with Crippen molar-refractivity contribution in [1.82, 2.24) is 23.4 Å². The number of aliphatic hydroxyl groups excluding tert-OH is 1. The number of methoxy groups -OCH3 is 1. The third-order valence-corrected chi connectivity index (χ3v) is 29.9. The maximum absolute atomic E-state index is 14.0. The lowest BCUT2D eigenvalue weighted by Crippen LogP contribution is -2.51. The highest BCUT2D eigenvalue weighted by atomic mass is 35.5. The molecule has 1 N–H and O–H groups in total. The smallest absolute Gasteiger partial charge is 0.382 e. The predicted octanol–water partition coefficient (Wildman–Crippen LogP) is 13.8. The molecule has 1 atom stereocenters. The molecule has 0 spiro atoms. The van der Waals surface area contributed by atoms with Crippen LogP contribution in [0.25, 0.3) is 22.1 Å². The number of alkyl halides is 3. The van der Waals surface area contributed by atoms with Crippen LogP contribution in [0.2, 0.25) is 38.3 Å². The van der Waals surface area contributed by atoms with Gasteiger partial charge >= 0.3 is 6.18 Å². The number of aryl methyl sites for hydroxylation is 3. The fourth-order valence-electron chi connectivity index (χ4n) is 11.8. The highest BCUT2D eigenvalue weighted by Gasteiger charge is 2.47. The molecular weight excluding hydrogens is 957 g/mol. The van der Waals surface area contributed by atoms with E-state index in [1.807, 2.05) is 25.4 Å². The Morgan fingerprint density at radius 2 is 1.20 bits per heavy atom. The summed E-state index contributed by atoms with van der Waals surface area (Å²) in [6.45, 7) is 31.9. The van der Waals surface area contributed by atoms with Gasteiger partial charge < -0.3 is 18.3 Å². The molecule has 69 heavy (non-hydrogen) atoms. The number of hydrogen-bond donors (Lipinski definition) is 1. The van der Waals surface area contributed by atoms with Crippen LogP contribution < -0.4 is 4.31 Å². The summed E-state index contributed by atoms with van der Waals surface area (Å²) in [4.78, 5) is 24.8. The summed E-state index contributed by atoms with van der Waals surface area (Å²) in [6, 6.07) is 8.10. The Hall–Kier alpha value is -4.40. The van der Waals surface area contributed by atoms with Gasteiger partial charge in [0.05, 0.1) is 26.9 Å². The van der Waals surface area contributed by atoms with Gasteiger partial charge in [-0.1, -0.05) is 101 Å². The quantitative estimate of drug-likeness (QED) is 0.0576. The van der Waals surface area contributed by atoms with Crippen LogP contribution in [0.5, 0.6) is 0 Å². The van der Waals surface area contributed by atoms with Crippen LogP contribution in [0, 0.1) is 20.8 Å². The second kappa shape index (κ2) is 21.1. The minimum atomic E-state index is -4.78. The highest BCUT2D eigenvalue weighted by molar-refractivity contribution is 7.92. The fourth-order valence-corrected chi connectivity index (χ4v) is 26.4. The minimum Gasteiger partial charge on any atom is -0.382 e. The normalized spacial score (nSPS) is 13.4. The van der Waals surface area contributed by atoms with Gasteiger partial charge in [0.1, 0.15) is 24.1 Å². The molecule has 0 saturated heterocycles. The highest BCUT2D eigenvalue weighted by Crippen LogP contribution is 2.47. The molecule has 0 bridgehead atoms. The van der Waals surface area contributed by atoms with Crippen LogP contribution >= 0.6 is 11.6 Å². The van der Waals surface area contributed by atoms with E-state index in [1.54, 1.807) is 13.1 Å². The summed E-state index contributed by atoms with van der Waals surface area (Å²) in [5, 5.41) is 13.8. The second-order valence-corrected chi connectivity index (χ2v) is 33.8. The number of nitrogens with zero attached hydrogens (tertiary/aromatic N) is 6. The molecule has 0 aliphatic carbocycles. The summed E-state index contributed by atoms with van der Waals surface area (Å²) in [7, 11) is -7.51. The number of rotatable bonds is 16. The molecule has 1 aromatic carbocycles. The molecule has 0 aliphatic rings. The molecular formula is C51H70ClF3N6O5SSi2. The number of halogens is 4. The molecule has 6 aromatic rings. The molecule has 5 aromatic heterocycles. The SMILES string of the molecule is COCN(c1cc(Cl)cnc1C(O)c1c(C)cnc2c1ccn2[Si](C(C)C)(C(C)C)C(C)C)S(=O)(=O)c1ccc(C)c(C(F)(F)F)c1.Cc1cnc2c(ccn2[Si](C(C)C)(C(C)C)C(C)C)c1C=O. The van der Waals surface area contributed by atoms with Gasteiger partial charge in [-0.3, -0.25) is 9.78 Å². The standard InChI is InChI=1S/C33H42ClF3N4O4SSi.C18H28N2OSi/c1-19(2)47(20(3)4,21(5)6)41-13-12-26-29(23(8)16-39-32(26)41)31(42)30-28(14-24(34)17-38-30)40(18-45-9)46(43,44)25-11-10-22(7)27(15-25)33(35,36)37;1-12(2)22(13(3)4,14(5)6)20-9-8-16-17(11-21)15(7)10-19-18(16)20/h10-17,19-21,31,42H,18H2,1-9H3;8-14H,1-7H3. The Bertz CT molecular complexity index is 2870. The van der Waals surface area contributed by atoms with E-state index in [-0.39, 0.29) is 22.0 Å². The first-order chi connectivity index (χ1) is 32.1. The summed E-state index contributed by atoms with van der Waals surface area (Å²) in [5.74, 6) is 0. The molecule has 0 radical (unpaired) electrons. The van der Waals surface area contributed by atoms with Crippen LogP contribution in [0.4, 0.5) is 18.9 Å². The van der Waals surface area contributed by atoms with Crippen molar-refractivity contribution in [2.24, 2.45) is 0 Å². The van der Waals surface area contributed by atoms with Gasteiger partial charge in [-0.05, 0) is 113 Å². The lowest BCUT2D eigenvalue weighted by atomic mass is 9.98. The number of carbonyl (C=O) groups is 1. The number of pyridine rings is 3. The summed E-state index contributed by atoms with van der Waals surface area (Å²) in [6.07, 6.45) is 3.74. The molecule has 0 fully saturated rings. The van der Waals surface area contributed by atoms with Crippen molar-refractivity contribution in [1.29, 1.82) is 0 Å². The van der Waals surface area contributed by atoms with Gasteiger partial charge in [-0.2, -0.15) is 13.2 Å². The van der Waals surface area contributed by atoms with Crippen molar-refractivity contribution < 1.29 is 36.2 Å². The number of benzene rings is 1. The van der Waals surface area contributed by atoms with Gasteiger partial charge in [0.15, 0.2) is 22.8 Å². The molecule has 11 nitrogen and oxygen atoms in total. The average Bonchev–Trinajstić information content (AvgIpc) is 3.87. The third-order valence-electron chi connectivity index (χ3n) is 14.4. The molecule has 5 heterocycles. The Labute approximate surface area is 413 Å².